The second-order valence-electron chi connectivity index (χ2n) is 5.90. The van der Waals surface area contributed by atoms with E-state index in [0.29, 0.717) is 16.0 Å². The third kappa shape index (κ3) is 1.60. The van der Waals surface area contributed by atoms with Gasteiger partial charge in [-0.2, -0.15) is 4.31 Å². The molecule has 4 heterocycles. The van der Waals surface area contributed by atoms with E-state index >= 15 is 0 Å². The molecule has 3 saturated heterocycles. The highest BCUT2D eigenvalue weighted by molar-refractivity contribution is 7.91. The van der Waals surface area contributed by atoms with E-state index in [-0.39, 0.29) is 12.1 Å². The number of nitrogens with zero attached hydrogens (tertiary/aromatic N) is 1. The minimum absolute atomic E-state index is 0.234. The quantitative estimate of drug-likeness (QED) is 0.898. The van der Waals surface area contributed by atoms with Gasteiger partial charge in [0.2, 0.25) is 0 Å². The lowest BCUT2D eigenvalue weighted by Crippen LogP contribution is -2.38. The van der Waals surface area contributed by atoms with Gasteiger partial charge in [-0.05, 0) is 56.8 Å². The number of hydrogen-bond acceptors (Lipinski definition) is 4. The van der Waals surface area contributed by atoms with Crippen molar-refractivity contribution in [1.29, 1.82) is 0 Å². The van der Waals surface area contributed by atoms with Gasteiger partial charge in [-0.1, -0.05) is 0 Å². The average molecular weight is 298 g/mol. The highest BCUT2D eigenvalue weighted by Gasteiger charge is 2.58. The van der Waals surface area contributed by atoms with Crippen molar-refractivity contribution in [3.8, 4) is 0 Å². The second-order valence-corrected chi connectivity index (χ2v) is 9.26. The molecule has 3 aliphatic rings. The molecular weight excluding hydrogens is 280 g/mol. The maximum Gasteiger partial charge on any atom is 0.253 e. The average Bonchev–Trinajstić information content (AvgIpc) is 3.09. The van der Waals surface area contributed by atoms with E-state index in [4.69, 9.17) is 0 Å². The first-order valence-electron chi connectivity index (χ1n) is 6.90. The van der Waals surface area contributed by atoms with Gasteiger partial charge < -0.3 is 5.32 Å². The third-order valence-corrected chi connectivity index (χ3v) is 8.38. The number of rotatable bonds is 2. The molecule has 0 radical (unpaired) electrons. The van der Waals surface area contributed by atoms with Crippen LogP contribution in [0.2, 0.25) is 0 Å². The number of sulfonamides is 1. The van der Waals surface area contributed by atoms with Crippen LogP contribution >= 0.6 is 11.3 Å². The summed E-state index contributed by atoms with van der Waals surface area (Å²) in [6.07, 6.45) is 2.08. The lowest BCUT2D eigenvalue weighted by Gasteiger charge is -2.23. The first-order chi connectivity index (χ1) is 9.09. The monoisotopic (exact) mass is 298 g/mol. The number of aryl methyl sites for hydroxylation is 1. The molecule has 4 rings (SSSR count). The van der Waals surface area contributed by atoms with Crippen LogP contribution in [-0.4, -0.2) is 37.9 Å². The molecule has 3 fully saturated rings. The first kappa shape index (κ1) is 12.3. The van der Waals surface area contributed by atoms with E-state index in [9.17, 15) is 8.42 Å². The summed E-state index contributed by atoms with van der Waals surface area (Å²) in [5, 5.41) is 3.42. The van der Waals surface area contributed by atoms with Crippen LogP contribution in [0.5, 0.6) is 0 Å². The van der Waals surface area contributed by atoms with Gasteiger partial charge in [0, 0.05) is 17.0 Å². The molecule has 0 spiro atoms. The molecule has 4 nitrogen and oxygen atoms in total. The van der Waals surface area contributed by atoms with Gasteiger partial charge in [-0.25, -0.2) is 8.42 Å². The number of fused-ring (bicyclic) bond motifs is 5. The van der Waals surface area contributed by atoms with E-state index in [1.54, 1.807) is 6.07 Å². The fourth-order valence-corrected chi connectivity index (χ4v) is 7.57. The Morgan fingerprint density at radius 3 is 2.37 bits per heavy atom. The molecule has 0 amide bonds. The Balaban J connectivity index is 1.74. The van der Waals surface area contributed by atoms with Crippen molar-refractivity contribution in [2.45, 2.75) is 36.1 Å². The van der Waals surface area contributed by atoms with Gasteiger partial charge in [0.1, 0.15) is 4.21 Å². The summed E-state index contributed by atoms with van der Waals surface area (Å²) in [4.78, 5) is 1.06. The summed E-state index contributed by atoms with van der Waals surface area (Å²) in [6, 6.07) is 4.13. The summed E-state index contributed by atoms with van der Waals surface area (Å²) in [6.45, 7) is 3.93. The van der Waals surface area contributed by atoms with Crippen molar-refractivity contribution in [3.63, 3.8) is 0 Å². The number of thiophene rings is 1. The summed E-state index contributed by atoms with van der Waals surface area (Å²) in [5.41, 5.74) is 0. The zero-order chi connectivity index (χ0) is 13.2. The molecule has 6 heteroatoms. The molecule has 1 N–H and O–H groups in total. The normalized spacial score (nSPS) is 37.9. The number of nitrogens with one attached hydrogen (secondary N) is 1. The Bertz CT molecular complexity index is 592. The molecule has 19 heavy (non-hydrogen) atoms. The smallest absolute Gasteiger partial charge is 0.253 e. The second kappa shape index (κ2) is 4.04. The fourth-order valence-electron chi connectivity index (χ4n) is 4.22. The maximum absolute atomic E-state index is 12.9. The Labute approximate surface area is 117 Å². The standard InChI is InChI=1S/C13H18N2O2S2/c1-8-2-5-13(18-8)19(16,17)15-11-3-4-12(15)10-7-14-6-9(10)11/h2,5,9-12,14H,3-4,6-7H2,1H3/t9-,10+,11-,12+. The summed E-state index contributed by atoms with van der Waals surface area (Å²) < 4.78 is 28.1. The molecule has 3 aliphatic heterocycles. The van der Waals surface area contributed by atoms with E-state index in [0.717, 1.165) is 30.8 Å². The predicted octanol–water partition coefficient (Wildman–Crippen LogP) is 1.43. The van der Waals surface area contributed by atoms with E-state index in [1.165, 1.54) is 11.3 Å². The van der Waals surface area contributed by atoms with Crippen LogP contribution in [0.4, 0.5) is 0 Å². The Hall–Kier alpha value is -0.430. The molecule has 0 unspecified atom stereocenters. The topological polar surface area (TPSA) is 49.4 Å². The van der Waals surface area contributed by atoms with Gasteiger partial charge in [-0.3, -0.25) is 0 Å². The number of hydrogen-bond donors (Lipinski definition) is 1. The van der Waals surface area contributed by atoms with E-state index in [1.807, 2.05) is 17.3 Å². The largest absolute Gasteiger partial charge is 0.316 e. The molecule has 4 atom stereocenters. The van der Waals surface area contributed by atoms with Crippen LogP contribution in [0.25, 0.3) is 0 Å². The Kier molecular flexibility index (Phi) is 2.62. The predicted molar refractivity (Wildman–Crippen MR) is 74.7 cm³/mol. The van der Waals surface area contributed by atoms with Crippen LogP contribution in [0.15, 0.2) is 16.3 Å². The molecule has 104 valence electrons. The minimum Gasteiger partial charge on any atom is -0.316 e. The van der Waals surface area contributed by atoms with Crippen LogP contribution in [0.3, 0.4) is 0 Å². The Morgan fingerprint density at radius 2 is 1.84 bits per heavy atom. The molecule has 1 aromatic rings. The van der Waals surface area contributed by atoms with Gasteiger partial charge in [0.05, 0.1) is 0 Å². The van der Waals surface area contributed by atoms with Gasteiger partial charge >= 0.3 is 0 Å². The highest BCUT2D eigenvalue weighted by Crippen LogP contribution is 2.50. The first-order valence-corrected chi connectivity index (χ1v) is 9.15. The minimum atomic E-state index is -3.27. The van der Waals surface area contributed by atoms with Crippen molar-refractivity contribution in [2.75, 3.05) is 13.1 Å². The molecular formula is C13H18N2O2S2. The van der Waals surface area contributed by atoms with Crippen LogP contribution in [0.1, 0.15) is 17.7 Å². The lowest BCUT2D eigenvalue weighted by atomic mass is 9.82. The maximum atomic E-state index is 12.9. The summed E-state index contributed by atoms with van der Waals surface area (Å²) in [7, 11) is -3.27. The molecule has 0 saturated carbocycles. The fraction of sp³-hybridized carbons (Fsp3) is 0.692. The van der Waals surface area contributed by atoms with Gasteiger partial charge in [-0.15, -0.1) is 11.3 Å². The van der Waals surface area contributed by atoms with Crippen LogP contribution in [-0.2, 0) is 10.0 Å². The van der Waals surface area contributed by atoms with Crippen molar-refractivity contribution >= 4 is 21.4 Å². The van der Waals surface area contributed by atoms with Crippen LogP contribution < -0.4 is 5.32 Å². The Morgan fingerprint density at radius 1 is 1.21 bits per heavy atom. The van der Waals surface area contributed by atoms with E-state index in [2.05, 4.69) is 5.32 Å². The van der Waals surface area contributed by atoms with Crippen molar-refractivity contribution in [3.05, 3.63) is 17.0 Å². The zero-order valence-electron chi connectivity index (χ0n) is 10.9. The summed E-state index contributed by atoms with van der Waals surface area (Å²) in [5.74, 6) is 1.07. The third-order valence-electron chi connectivity index (χ3n) is 4.96. The SMILES string of the molecule is Cc1ccc(S(=O)(=O)N2[C@@H]3CC[C@H]2[C@H]2CNC[C@H]23)s1. The molecule has 0 aromatic carbocycles. The molecule has 2 bridgehead atoms. The zero-order valence-corrected chi connectivity index (χ0v) is 12.5. The van der Waals surface area contributed by atoms with Crippen molar-refractivity contribution in [1.82, 2.24) is 9.62 Å². The van der Waals surface area contributed by atoms with Crippen molar-refractivity contribution < 1.29 is 8.42 Å². The van der Waals surface area contributed by atoms with Gasteiger partial charge in [0.15, 0.2) is 0 Å². The van der Waals surface area contributed by atoms with E-state index < -0.39 is 10.0 Å². The summed E-state index contributed by atoms with van der Waals surface area (Å²) >= 11 is 1.40. The molecule has 0 aliphatic carbocycles. The van der Waals surface area contributed by atoms with Crippen LogP contribution in [0, 0.1) is 18.8 Å². The van der Waals surface area contributed by atoms with Gasteiger partial charge in [0.25, 0.3) is 10.0 Å². The lowest BCUT2D eigenvalue weighted by molar-refractivity contribution is 0.354. The highest BCUT2D eigenvalue weighted by atomic mass is 32.2. The van der Waals surface area contributed by atoms with Crippen molar-refractivity contribution in [2.24, 2.45) is 11.8 Å². The molecule has 1 aromatic heterocycles.